The lowest BCUT2D eigenvalue weighted by Gasteiger charge is -2.35. The molecule has 0 bridgehead atoms. The largest absolute Gasteiger partial charge is 0.371 e. The third-order valence-corrected chi connectivity index (χ3v) is 3.93. The van der Waals surface area contributed by atoms with Crippen LogP contribution in [0.1, 0.15) is 17.5 Å². The Bertz CT molecular complexity index is 572. The normalized spacial score (nSPS) is 24.5. The van der Waals surface area contributed by atoms with E-state index in [0.29, 0.717) is 26.2 Å². The quantitative estimate of drug-likeness (QED) is 0.890. The van der Waals surface area contributed by atoms with Crippen LogP contribution in [0.2, 0.25) is 0 Å². The first kappa shape index (κ1) is 16.1. The highest BCUT2D eigenvalue weighted by molar-refractivity contribution is 5.14. The first-order valence-corrected chi connectivity index (χ1v) is 7.93. The van der Waals surface area contributed by atoms with E-state index >= 15 is 0 Å². The molecule has 1 saturated heterocycles. The molecule has 1 fully saturated rings. The van der Waals surface area contributed by atoms with Crippen LogP contribution in [0.4, 0.5) is 0 Å². The van der Waals surface area contributed by atoms with Gasteiger partial charge in [-0.15, -0.1) is 0 Å². The van der Waals surface area contributed by atoms with Gasteiger partial charge in [0.25, 0.3) is 0 Å². The number of hydrogen-bond donors (Lipinski definition) is 1. The van der Waals surface area contributed by atoms with Crippen molar-refractivity contribution < 1.29 is 19.3 Å². The van der Waals surface area contributed by atoms with Crippen LogP contribution in [-0.4, -0.2) is 30.2 Å². The maximum absolute atomic E-state index is 10.1. The first-order chi connectivity index (χ1) is 11.3. The van der Waals surface area contributed by atoms with Gasteiger partial charge in [-0.2, -0.15) is 0 Å². The molecule has 3 atom stereocenters. The molecule has 122 valence electrons. The summed E-state index contributed by atoms with van der Waals surface area (Å²) in [4.78, 5) is 0. The van der Waals surface area contributed by atoms with Gasteiger partial charge in [0.1, 0.15) is 6.10 Å². The minimum absolute atomic E-state index is 0.178. The summed E-state index contributed by atoms with van der Waals surface area (Å²) in [5, 5.41) is 10.1. The smallest absolute Gasteiger partial charge is 0.183 e. The van der Waals surface area contributed by atoms with Crippen LogP contribution in [0.15, 0.2) is 60.7 Å². The minimum atomic E-state index is -0.951. The van der Waals surface area contributed by atoms with E-state index in [2.05, 4.69) is 0 Å². The van der Waals surface area contributed by atoms with Crippen molar-refractivity contribution in [2.24, 2.45) is 0 Å². The summed E-state index contributed by atoms with van der Waals surface area (Å²) in [6.07, 6.45) is -0.896. The predicted molar refractivity (Wildman–Crippen MR) is 86.6 cm³/mol. The third-order valence-electron chi connectivity index (χ3n) is 3.93. The summed E-state index contributed by atoms with van der Waals surface area (Å²) in [5.74, 6) is 0. The Balaban J connectivity index is 1.58. The molecule has 0 aliphatic carbocycles. The zero-order valence-electron chi connectivity index (χ0n) is 13.0. The van der Waals surface area contributed by atoms with Gasteiger partial charge >= 0.3 is 0 Å². The maximum Gasteiger partial charge on any atom is 0.183 e. The molecule has 0 spiro atoms. The molecule has 0 radical (unpaired) electrons. The minimum Gasteiger partial charge on any atom is -0.371 e. The predicted octanol–water partition coefficient (Wildman–Crippen LogP) is 2.90. The molecule has 1 aliphatic rings. The molecule has 0 unspecified atom stereocenters. The van der Waals surface area contributed by atoms with Crippen LogP contribution in [0.5, 0.6) is 0 Å². The molecule has 4 nitrogen and oxygen atoms in total. The number of aliphatic hydroxyl groups is 1. The van der Waals surface area contributed by atoms with Gasteiger partial charge in [-0.3, -0.25) is 0 Å². The van der Waals surface area contributed by atoms with Gasteiger partial charge < -0.3 is 19.3 Å². The van der Waals surface area contributed by atoms with E-state index in [1.54, 1.807) is 0 Å². The summed E-state index contributed by atoms with van der Waals surface area (Å²) in [6.45, 7) is 1.41. The zero-order valence-corrected chi connectivity index (χ0v) is 13.0. The second kappa shape index (κ2) is 8.22. The fourth-order valence-electron chi connectivity index (χ4n) is 2.66. The molecule has 2 aromatic rings. The molecule has 3 rings (SSSR count). The topological polar surface area (TPSA) is 47.9 Å². The summed E-state index contributed by atoms with van der Waals surface area (Å²) in [7, 11) is 0. The van der Waals surface area contributed by atoms with E-state index in [4.69, 9.17) is 14.2 Å². The third kappa shape index (κ3) is 4.62. The molecular weight excluding hydrogens is 292 g/mol. The van der Waals surface area contributed by atoms with E-state index in [0.717, 1.165) is 11.1 Å². The molecule has 1 aliphatic heterocycles. The van der Waals surface area contributed by atoms with Crippen LogP contribution in [0, 0.1) is 0 Å². The van der Waals surface area contributed by atoms with Crippen LogP contribution in [0.25, 0.3) is 0 Å². The fraction of sp³-hybridized carbons (Fsp3) is 0.368. The molecule has 0 amide bonds. The Hall–Kier alpha value is -1.72. The molecule has 0 saturated carbocycles. The Morgan fingerprint density at radius 3 is 2.04 bits per heavy atom. The summed E-state index contributed by atoms with van der Waals surface area (Å²) in [6, 6.07) is 19.9. The van der Waals surface area contributed by atoms with E-state index in [1.165, 1.54) is 0 Å². The Kier molecular flexibility index (Phi) is 5.77. The highest BCUT2D eigenvalue weighted by Crippen LogP contribution is 2.22. The summed E-state index contributed by atoms with van der Waals surface area (Å²) in [5.41, 5.74) is 2.17. The van der Waals surface area contributed by atoms with E-state index < -0.39 is 12.4 Å². The average molecular weight is 314 g/mol. The standard InChI is InChI=1S/C19H22O4/c20-19-18(23-14-16-9-5-2-6-10-16)17(11-12-21-19)22-13-15-7-3-1-4-8-15/h1-10,17-20H,11-14H2/t17-,18-,19-/m0/s1. The van der Waals surface area contributed by atoms with Crippen molar-refractivity contribution in [3.63, 3.8) is 0 Å². The average Bonchev–Trinajstić information content (AvgIpc) is 2.61. The van der Waals surface area contributed by atoms with Crippen LogP contribution in [-0.2, 0) is 27.4 Å². The van der Waals surface area contributed by atoms with Crippen molar-refractivity contribution in [3.8, 4) is 0 Å². The van der Waals surface area contributed by atoms with Crippen molar-refractivity contribution >= 4 is 0 Å². The van der Waals surface area contributed by atoms with Crippen molar-refractivity contribution in [1.29, 1.82) is 0 Å². The van der Waals surface area contributed by atoms with Gasteiger partial charge in [-0.1, -0.05) is 60.7 Å². The fourth-order valence-corrected chi connectivity index (χ4v) is 2.66. The lowest BCUT2D eigenvalue weighted by Crippen LogP contribution is -2.47. The van der Waals surface area contributed by atoms with E-state index in [9.17, 15) is 5.11 Å². The van der Waals surface area contributed by atoms with Crippen LogP contribution < -0.4 is 0 Å². The van der Waals surface area contributed by atoms with Crippen molar-refractivity contribution in [1.82, 2.24) is 0 Å². The molecule has 23 heavy (non-hydrogen) atoms. The second-order valence-electron chi connectivity index (χ2n) is 5.65. The van der Waals surface area contributed by atoms with E-state index in [1.807, 2.05) is 60.7 Å². The zero-order chi connectivity index (χ0) is 15.9. The molecular formula is C19H22O4. The van der Waals surface area contributed by atoms with Gasteiger partial charge in [-0.05, 0) is 17.5 Å². The Morgan fingerprint density at radius 2 is 1.43 bits per heavy atom. The second-order valence-corrected chi connectivity index (χ2v) is 5.65. The molecule has 0 aromatic heterocycles. The highest BCUT2D eigenvalue weighted by atomic mass is 16.6. The van der Waals surface area contributed by atoms with Crippen molar-refractivity contribution in [2.75, 3.05) is 6.61 Å². The lowest BCUT2D eigenvalue weighted by atomic mass is 10.1. The van der Waals surface area contributed by atoms with Crippen molar-refractivity contribution in [3.05, 3.63) is 71.8 Å². The van der Waals surface area contributed by atoms with Crippen LogP contribution >= 0.6 is 0 Å². The maximum atomic E-state index is 10.1. The van der Waals surface area contributed by atoms with Gasteiger partial charge in [0.15, 0.2) is 6.29 Å². The van der Waals surface area contributed by atoms with Crippen molar-refractivity contribution in [2.45, 2.75) is 38.1 Å². The molecule has 2 aromatic carbocycles. The Labute approximate surface area is 136 Å². The number of benzene rings is 2. The summed E-state index contributed by atoms with van der Waals surface area (Å²) >= 11 is 0. The Morgan fingerprint density at radius 1 is 0.870 bits per heavy atom. The van der Waals surface area contributed by atoms with Gasteiger partial charge in [0.2, 0.25) is 0 Å². The molecule has 4 heteroatoms. The number of aliphatic hydroxyl groups excluding tert-OH is 1. The molecule has 1 N–H and O–H groups in total. The number of hydrogen-bond acceptors (Lipinski definition) is 4. The lowest BCUT2D eigenvalue weighted by molar-refractivity contribution is -0.249. The van der Waals surface area contributed by atoms with Gasteiger partial charge in [0, 0.05) is 0 Å². The number of ether oxygens (including phenoxy) is 3. The SMILES string of the molecule is O[C@H]1OCC[C@H](OCc2ccccc2)[C@@H]1OCc1ccccc1. The molecule has 1 heterocycles. The first-order valence-electron chi connectivity index (χ1n) is 7.93. The monoisotopic (exact) mass is 314 g/mol. The van der Waals surface area contributed by atoms with Gasteiger partial charge in [0.05, 0.1) is 25.9 Å². The number of rotatable bonds is 6. The summed E-state index contributed by atoms with van der Waals surface area (Å²) < 4.78 is 17.2. The van der Waals surface area contributed by atoms with Gasteiger partial charge in [-0.25, -0.2) is 0 Å². The van der Waals surface area contributed by atoms with Crippen LogP contribution in [0.3, 0.4) is 0 Å². The highest BCUT2D eigenvalue weighted by Gasteiger charge is 2.34. The van der Waals surface area contributed by atoms with E-state index in [-0.39, 0.29) is 6.10 Å².